The monoisotopic (exact) mass is 424 g/mol. The van der Waals surface area contributed by atoms with Gasteiger partial charge in [0.1, 0.15) is 10.8 Å². The van der Waals surface area contributed by atoms with Crippen LogP contribution < -0.4 is 10.1 Å². The predicted octanol–water partition coefficient (Wildman–Crippen LogP) is 4.11. The molecule has 0 aliphatic heterocycles. The van der Waals surface area contributed by atoms with Gasteiger partial charge in [0.15, 0.2) is 6.61 Å². The zero-order valence-electron chi connectivity index (χ0n) is 14.5. The first kappa shape index (κ1) is 21.2. The Morgan fingerprint density at radius 1 is 1.21 bits per heavy atom. The van der Waals surface area contributed by atoms with Gasteiger partial charge in [0.05, 0.1) is 17.7 Å². The molecule has 0 heterocycles. The number of anilines is 1. The van der Waals surface area contributed by atoms with Gasteiger partial charge in [-0.15, -0.1) is 0 Å². The smallest absolute Gasteiger partial charge is 0.331 e. The van der Waals surface area contributed by atoms with Crippen LogP contribution in [0.1, 0.15) is 5.56 Å². The number of benzene rings is 2. The highest BCUT2D eigenvalue weighted by molar-refractivity contribution is 6.32. The number of nitrogens with zero attached hydrogens (tertiary/aromatic N) is 1. The van der Waals surface area contributed by atoms with Crippen molar-refractivity contribution < 1.29 is 24.0 Å². The minimum Gasteiger partial charge on any atom is -0.495 e. The van der Waals surface area contributed by atoms with Crippen LogP contribution in [0.25, 0.3) is 6.08 Å². The zero-order valence-corrected chi connectivity index (χ0v) is 16.0. The molecule has 0 aliphatic carbocycles. The van der Waals surface area contributed by atoms with Gasteiger partial charge in [-0.25, -0.2) is 4.79 Å². The van der Waals surface area contributed by atoms with Crippen molar-refractivity contribution in [1.29, 1.82) is 0 Å². The average Bonchev–Trinajstić information content (AvgIpc) is 2.65. The molecule has 0 spiro atoms. The lowest BCUT2D eigenvalue weighted by Gasteiger charge is -2.10. The SMILES string of the molecule is COc1ccc(Cl)cc1NC(=O)COC(=O)/C=C/c1ccc(Cl)c([N+](=O)[O-])c1. The van der Waals surface area contributed by atoms with Crippen molar-refractivity contribution in [2.24, 2.45) is 0 Å². The van der Waals surface area contributed by atoms with Crippen molar-refractivity contribution in [2.45, 2.75) is 0 Å². The summed E-state index contributed by atoms with van der Waals surface area (Å²) in [6.07, 6.45) is 2.35. The van der Waals surface area contributed by atoms with Crippen LogP contribution in [-0.2, 0) is 14.3 Å². The third-order valence-corrected chi connectivity index (χ3v) is 3.91. The molecular formula is C18H14Cl2N2O6. The van der Waals surface area contributed by atoms with Gasteiger partial charge in [0.25, 0.3) is 11.6 Å². The first-order valence-corrected chi connectivity index (χ1v) is 8.48. The molecule has 0 saturated carbocycles. The molecule has 0 atom stereocenters. The number of hydrogen-bond acceptors (Lipinski definition) is 6. The highest BCUT2D eigenvalue weighted by Crippen LogP contribution is 2.27. The maximum Gasteiger partial charge on any atom is 0.331 e. The molecule has 1 amide bonds. The number of esters is 1. The number of nitro groups is 1. The molecule has 1 N–H and O–H groups in total. The molecule has 2 aromatic carbocycles. The van der Waals surface area contributed by atoms with E-state index in [0.717, 1.165) is 6.08 Å². The first-order chi connectivity index (χ1) is 13.3. The second-order valence-electron chi connectivity index (χ2n) is 5.30. The molecule has 2 rings (SSSR count). The maximum absolute atomic E-state index is 11.9. The second kappa shape index (κ2) is 9.72. The Morgan fingerprint density at radius 3 is 2.64 bits per heavy atom. The van der Waals surface area contributed by atoms with Crippen LogP contribution in [0.15, 0.2) is 42.5 Å². The van der Waals surface area contributed by atoms with E-state index >= 15 is 0 Å². The fraction of sp³-hybridized carbons (Fsp3) is 0.111. The molecular weight excluding hydrogens is 411 g/mol. The van der Waals surface area contributed by atoms with Crippen molar-refractivity contribution in [3.8, 4) is 5.75 Å². The summed E-state index contributed by atoms with van der Waals surface area (Å²) in [6.45, 7) is -0.542. The van der Waals surface area contributed by atoms with Gasteiger partial charge in [-0.1, -0.05) is 29.3 Å². The summed E-state index contributed by atoms with van der Waals surface area (Å²) < 4.78 is 9.93. The fourth-order valence-electron chi connectivity index (χ4n) is 2.09. The highest BCUT2D eigenvalue weighted by Gasteiger charge is 2.12. The summed E-state index contributed by atoms with van der Waals surface area (Å²) in [7, 11) is 1.44. The predicted molar refractivity (Wildman–Crippen MR) is 105 cm³/mol. The van der Waals surface area contributed by atoms with Crippen LogP contribution in [0, 0.1) is 10.1 Å². The second-order valence-corrected chi connectivity index (χ2v) is 6.15. The van der Waals surface area contributed by atoms with Gasteiger partial charge in [-0.2, -0.15) is 0 Å². The molecule has 0 radical (unpaired) electrons. The Morgan fingerprint density at radius 2 is 1.96 bits per heavy atom. The number of ether oxygens (including phenoxy) is 2. The van der Waals surface area contributed by atoms with E-state index in [2.05, 4.69) is 5.32 Å². The molecule has 0 saturated heterocycles. The van der Waals surface area contributed by atoms with Crippen LogP contribution in [0.2, 0.25) is 10.0 Å². The fourth-order valence-corrected chi connectivity index (χ4v) is 2.45. The number of nitro benzene ring substituents is 1. The van der Waals surface area contributed by atoms with Crippen molar-refractivity contribution in [1.82, 2.24) is 0 Å². The van der Waals surface area contributed by atoms with E-state index in [0.29, 0.717) is 22.0 Å². The van der Waals surface area contributed by atoms with E-state index in [4.69, 9.17) is 32.7 Å². The lowest BCUT2D eigenvalue weighted by Crippen LogP contribution is -2.20. The standard InChI is InChI=1S/C18H14Cl2N2O6/c1-27-16-6-4-12(19)9-14(16)21-17(23)10-28-18(24)7-3-11-2-5-13(20)15(8-11)22(25)26/h2-9H,10H2,1H3,(H,21,23)/b7-3+. The lowest BCUT2D eigenvalue weighted by molar-refractivity contribution is -0.384. The van der Waals surface area contributed by atoms with Crippen molar-refractivity contribution in [2.75, 3.05) is 19.0 Å². The number of halogens is 2. The molecule has 2 aromatic rings. The summed E-state index contributed by atoms with van der Waals surface area (Å²) >= 11 is 11.6. The van der Waals surface area contributed by atoms with Gasteiger partial charge >= 0.3 is 5.97 Å². The van der Waals surface area contributed by atoms with E-state index in [1.807, 2.05) is 0 Å². The Kier molecular flexibility index (Phi) is 7.36. The number of methoxy groups -OCH3 is 1. The summed E-state index contributed by atoms with van der Waals surface area (Å²) in [4.78, 5) is 33.9. The first-order valence-electron chi connectivity index (χ1n) is 7.72. The number of carbonyl (C=O) groups is 2. The topological polar surface area (TPSA) is 108 Å². The molecule has 146 valence electrons. The van der Waals surface area contributed by atoms with Crippen LogP contribution in [-0.4, -0.2) is 30.5 Å². The molecule has 0 fully saturated rings. The van der Waals surface area contributed by atoms with Crippen LogP contribution >= 0.6 is 23.2 Å². The van der Waals surface area contributed by atoms with Crippen molar-refractivity contribution >= 4 is 52.5 Å². The Labute approximate surface area is 169 Å². The Balaban J connectivity index is 1.93. The minimum atomic E-state index is -0.800. The molecule has 8 nitrogen and oxygen atoms in total. The lowest BCUT2D eigenvalue weighted by atomic mass is 10.2. The number of rotatable bonds is 7. The van der Waals surface area contributed by atoms with Crippen molar-refractivity contribution in [3.05, 3.63) is 68.2 Å². The third-order valence-electron chi connectivity index (χ3n) is 3.36. The van der Waals surface area contributed by atoms with E-state index in [1.165, 1.54) is 37.5 Å². The summed E-state index contributed by atoms with van der Waals surface area (Å²) in [5.74, 6) is -0.997. The van der Waals surface area contributed by atoms with Gasteiger partial charge < -0.3 is 14.8 Å². The van der Waals surface area contributed by atoms with Crippen LogP contribution in [0.4, 0.5) is 11.4 Å². The van der Waals surface area contributed by atoms with E-state index in [1.54, 1.807) is 12.1 Å². The molecule has 10 heteroatoms. The quantitative estimate of drug-likeness (QED) is 0.310. The van der Waals surface area contributed by atoms with Gasteiger partial charge in [0.2, 0.25) is 0 Å². The summed E-state index contributed by atoms with van der Waals surface area (Å²) in [6, 6.07) is 8.73. The Hall–Kier alpha value is -3.10. The Bertz CT molecular complexity index is 946. The average molecular weight is 425 g/mol. The largest absolute Gasteiger partial charge is 0.495 e. The van der Waals surface area contributed by atoms with Crippen LogP contribution in [0.3, 0.4) is 0 Å². The zero-order chi connectivity index (χ0) is 20.7. The van der Waals surface area contributed by atoms with Gasteiger partial charge in [-0.05, 0) is 35.9 Å². The van der Waals surface area contributed by atoms with E-state index < -0.39 is 23.4 Å². The normalized spacial score (nSPS) is 10.5. The minimum absolute atomic E-state index is 0.0159. The molecule has 0 unspecified atom stereocenters. The van der Waals surface area contributed by atoms with Crippen LogP contribution in [0.5, 0.6) is 5.75 Å². The van der Waals surface area contributed by atoms with E-state index in [9.17, 15) is 19.7 Å². The van der Waals surface area contributed by atoms with E-state index in [-0.39, 0.29) is 10.7 Å². The molecule has 0 aromatic heterocycles. The number of hydrogen-bond donors (Lipinski definition) is 1. The third kappa shape index (κ3) is 5.97. The van der Waals surface area contributed by atoms with Crippen molar-refractivity contribution in [3.63, 3.8) is 0 Å². The maximum atomic E-state index is 11.9. The number of carbonyl (C=O) groups excluding carboxylic acids is 2. The summed E-state index contributed by atoms with van der Waals surface area (Å²) in [5.41, 5.74) is 0.424. The van der Waals surface area contributed by atoms with Gasteiger partial charge in [-0.3, -0.25) is 14.9 Å². The number of nitrogens with one attached hydrogen (secondary N) is 1. The van der Waals surface area contributed by atoms with Gasteiger partial charge in [0, 0.05) is 17.2 Å². The highest BCUT2D eigenvalue weighted by atomic mass is 35.5. The molecule has 0 aliphatic rings. The molecule has 28 heavy (non-hydrogen) atoms. The number of amides is 1. The molecule has 0 bridgehead atoms. The summed E-state index contributed by atoms with van der Waals surface area (Å²) in [5, 5.41) is 13.7.